The average molecular weight is 439 g/mol. The topological polar surface area (TPSA) is 108 Å². The van der Waals surface area contributed by atoms with Crippen molar-refractivity contribution in [2.45, 2.75) is 38.1 Å². The molecule has 3 rings (SSSR count). The standard InChI is InChI=1S/C20H30N4O5S/c1-29-19(25)15-8-9-18(23-10-5-6-11-23)17(13-15)22-20(26)24-12-4-3-7-16(24)14-21-30(2,27)28/h8-9,13,16,21H,3-7,10-12,14H2,1-2H3,(H,22,26)/t16-/m0/s1. The van der Waals surface area contributed by atoms with Crippen LogP contribution >= 0.6 is 0 Å². The highest BCUT2D eigenvalue weighted by molar-refractivity contribution is 7.88. The Balaban J connectivity index is 1.81. The van der Waals surface area contributed by atoms with Crippen molar-refractivity contribution in [1.29, 1.82) is 0 Å². The fourth-order valence-electron chi connectivity index (χ4n) is 4.03. The van der Waals surface area contributed by atoms with Crippen LogP contribution in [0.25, 0.3) is 0 Å². The summed E-state index contributed by atoms with van der Waals surface area (Å²) < 4.78 is 30.3. The van der Waals surface area contributed by atoms with Gasteiger partial charge in [0.15, 0.2) is 0 Å². The molecule has 10 heteroatoms. The van der Waals surface area contributed by atoms with E-state index in [2.05, 4.69) is 14.9 Å². The smallest absolute Gasteiger partial charge is 0.337 e. The number of piperidine rings is 1. The van der Waals surface area contributed by atoms with E-state index in [0.29, 0.717) is 17.8 Å². The second kappa shape index (κ2) is 9.65. The van der Waals surface area contributed by atoms with Gasteiger partial charge in [-0.1, -0.05) is 0 Å². The summed E-state index contributed by atoms with van der Waals surface area (Å²) in [5.41, 5.74) is 1.80. The van der Waals surface area contributed by atoms with Crippen LogP contribution in [0, 0.1) is 0 Å². The number of carbonyl (C=O) groups is 2. The van der Waals surface area contributed by atoms with Crippen LogP contribution in [0.3, 0.4) is 0 Å². The number of sulfonamides is 1. The van der Waals surface area contributed by atoms with Gasteiger partial charge in [-0.05, 0) is 50.3 Å². The SMILES string of the molecule is COC(=O)c1ccc(N2CCCC2)c(NC(=O)N2CCCC[C@H]2CNS(C)(=O)=O)c1. The molecule has 0 unspecified atom stereocenters. The number of likely N-dealkylation sites (tertiary alicyclic amines) is 1. The lowest BCUT2D eigenvalue weighted by atomic mass is 10.0. The zero-order chi connectivity index (χ0) is 21.7. The summed E-state index contributed by atoms with van der Waals surface area (Å²) in [5, 5.41) is 2.96. The zero-order valence-electron chi connectivity index (χ0n) is 17.5. The summed E-state index contributed by atoms with van der Waals surface area (Å²) in [6, 6.07) is 4.68. The second-order valence-electron chi connectivity index (χ2n) is 7.81. The lowest BCUT2D eigenvalue weighted by molar-refractivity contribution is 0.0600. The third kappa shape index (κ3) is 5.63. The second-order valence-corrected chi connectivity index (χ2v) is 9.64. The van der Waals surface area contributed by atoms with Gasteiger partial charge in [-0.15, -0.1) is 0 Å². The van der Waals surface area contributed by atoms with Gasteiger partial charge in [0.2, 0.25) is 10.0 Å². The number of rotatable bonds is 6. The quantitative estimate of drug-likeness (QED) is 0.658. The van der Waals surface area contributed by atoms with Crippen molar-refractivity contribution in [3.63, 3.8) is 0 Å². The van der Waals surface area contributed by atoms with Gasteiger partial charge in [0.05, 0.1) is 30.3 Å². The molecule has 30 heavy (non-hydrogen) atoms. The summed E-state index contributed by atoms with van der Waals surface area (Å²) in [5.74, 6) is -0.466. The number of hydrogen-bond donors (Lipinski definition) is 2. The minimum Gasteiger partial charge on any atom is -0.465 e. The number of anilines is 2. The molecule has 2 N–H and O–H groups in total. The van der Waals surface area contributed by atoms with Crippen LogP contribution in [0.1, 0.15) is 42.5 Å². The Morgan fingerprint density at radius 1 is 1.13 bits per heavy atom. The average Bonchev–Trinajstić information content (AvgIpc) is 3.26. The number of hydrogen-bond acceptors (Lipinski definition) is 6. The molecule has 9 nitrogen and oxygen atoms in total. The maximum atomic E-state index is 13.1. The monoisotopic (exact) mass is 438 g/mol. The van der Waals surface area contributed by atoms with Crippen molar-refractivity contribution in [2.24, 2.45) is 0 Å². The molecule has 2 amide bonds. The molecular weight excluding hydrogens is 408 g/mol. The van der Waals surface area contributed by atoms with Gasteiger partial charge in [0.1, 0.15) is 0 Å². The van der Waals surface area contributed by atoms with E-state index in [1.165, 1.54) is 7.11 Å². The molecule has 2 fully saturated rings. The van der Waals surface area contributed by atoms with Crippen LogP contribution in [0.5, 0.6) is 0 Å². The number of amides is 2. The summed E-state index contributed by atoms with van der Waals surface area (Å²) in [6.45, 7) is 2.53. The molecule has 0 spiro atoms. The van der Waals surface area contributed by atoms with Crippen LogP contribution in [-0.2, 0) is 14.8 Å². The fourth-order valence-corrected chi connectivity index (χ4v) is 4.52. The van der Waals surface area contributed by atoms with Crippen molar-refractivity contribution < 1.29 is 22.7 Å². The molecule has 1 aromatic carbocycles. The molecule has 2 aliphatic heterocycles. The number of nitrogens with zero attached hydrogens (tertiary/aromatic N) is 2. The summed E-state index contributed by atoms with van der Waals surface area (Å²) >= 11 is 0. The van der Waals surface area contributed by atoms with Crippen molar-refractivity contribution in [3.05, 3.63) is 23.8 Å². The first kappa shape index (κ1) is 22.4. The van der Waals surface area contributed by atoms with E-state index in [1.807, 2.05) is 6.07 Å². The van der Waals surface area contributed by atoms with E-state index in [9.17, 15) is 18.0 Å². The molecular formula is C20H30N4O5S. The van der Waals surface area contributed by atoms with Gasteiger partial charge < -0.3 is 19.9 Å². The fraction of sp³-hybridized carbons (Fsp3) is 0.600. The number of nitrogens with one attached hydrogen (secondary N) is 2. The molecule has 166 valence electrons. The van der Waals surface area contributed by atoms with Gasteiger partial charge in [-0.25, -0.2) is 22.7 Å². The largest absolute Gasteiger partial charge is 0.465 e. The molecule has 1 atom stereocenters. The Bertz CT molecular complexity index is 883. The molecule has 2 aliphatic rings. The van der Waals surface area contributed by atoms with Crippen LogP contribution in [0.15, 0.2) is 18.2 Å². The lowest BCUT2D eigenvalue weighted by Gasteiger charge is -2.36. The summed E-state index contributed by atoms with van der Waals surface area (Å²) in [4.78, 5) is 29.0. The van der Waals surface area contributed by atoms with Crippen molar-refractivity contribution in [3.8, 4) is 0 Å². The molecule has 0 aromatic heterocycles. The summed E-state index contributed by atoms with van der Waals surface area (Å²) in [7, 11) is -2.01. The number of ether oxygens (including phenoxy) is 1. The van der Waals surface area contributed by atoms with Crippen molar-refractivity contribution in [1.82, 2.24) is 9.62 Å². The van der Waals surface area contributed by atoms with E-state index >= 15 is 0 Å². The minimum absolute atomic E-state index is 0.188. The van der Waals surface area contributed by atoms with E-state index in [-0.39, 0.29) is 18.6 Å². The Hall–Kier alpha value is -2.33. The Labute approximate surface area is 177 Å². The van der Waals surface area contributed by atoms with Gasteiger partial charge in [-0.3, -0.25) is 0 Å². The zero-order valence-corrected chi connectivity index (χ0v) is 18.3. The van der Waals surface area contributed by atoms with Gasteiger partial charge in [0.25, 0.3) is 0 Å². The predicted molar refractivity (Wildman–Crippen MR) is 115 cm³/mol. The first-order chi connectivity index (χ1) is 14.3. The molecule has 0 bridgehead atoms. The number of urea groups is 1. The van der Waals surface area contributed by atoms with E-state index in [1.54, 1.807) is 17.0 Å². The van der Waals surface area contributed by atoms with Gasteiger partial charge in [0, 0.05) is 32.2 Å². The van der Waals surface area contributed by atoms with E-state index in [0.717, 1.165) is 57.1 Å². The van der Waals surface area contributed by atoms with Crippen LogP contribution in [0.4, 0.5) is 16.2 Å². The Morgan fingerprint density at radius 2 is 1.83 bits per heavy atom. The molecule has 1 aromatic rings. The predicted octanol–water partition coefficient (Wildman–Crippen LogP) is 2.01. The minimum atomic E-state index is -3.33. The molecule has 2 saturated heterocycles. The first-order valence-electron chi connectivity index (χ1n) is 10.3. The Kier molecular flexibility index (Phi) is 7.19. The van der Waals surface area contributed by atoms with Crippen LogP contribution < -0.4 is 14.9 Å². The highest BCUT2D eigenvalue weighted by Crippen LogP contribution is 2.31. The normalized spacial score (nSPS) is 19.6. The molecule has 2 heterocycles. The molecule has 0 saturated carbocycles. The highest BCUT2D eigenvalue weighted by atomic mass is 32.2. The maximum absolute atomic E-state index is 13.1. The lowest BCUT2D eigenvalue weighted by Crippen LogP contribution is -2.50. The number of esters is 1. The van der Waals surface area contributed by atoms with E-state index < -0.39 is 16.0 Å². The first-order valence-corrected chi connectivity index (χ1v) is 12.2. The third-order valence-corrected chi connectivity index (χ3v) is 6.27. The molecule has 0 radical (unpaired) electrons. The van der Waals surface area contributed by atoms with Crippen molar-refractivity contribution >= 4 is 33.4 Å². The van der Waals surface area contributed by atoms with E-state index in [4.69, 9.17) is 4.74 Å². The van der Waals surface area contributed by atoms with Crippen LogP contribution in [-0.4, -0.2) is 70.9 Å². The number of carbonyl (C=O) groups excluding carboxylic acids is 2. The van der Waals surface area contributed by atoms with Crippen LogP contribution in [0.2, 0.25) is 0 Å². The maximum Gasteiger partial charge on any atom is 0.337 e. The highest BCUT2D eigenvalue weighted by Gasteiger charge is 2.28. The van der Waals surface area contributed by atoms with Gasteiger partial charge >= 0.3 is 12.0 Å². The molecule has 0 aliphatic carbocycles. The number of methoxy groups -OCH3 is 1. The Morgan fingerprint density at radius 3 is 2.50 bits per heavy atom. The number of benzene rings is 1. The summed E-state index contributed by atoms with van der Waals surface area (Å²) in [6.07, 6.45) is 5.81. The van der Waals surface area contributed by atoms with Gasteiger partial charge in [-0.2, -0.15) is 0 Å². The third-order valence-electron chi connectivity index (χ3n) is 5.58. The van der Waals surface area contributed by atoms with Crippen molar-refractivity contribution in [2.75, 3.05) is 49.8 Å².